The van der Waals surface area contributed by atoms with Crippen molar-refractivity contribution in [3.05, 3.63) is 46.7 Å². The zero-order chi connectivity index (χ0) is 12.4. The number of hydrogen-bond acceptors (Lipinski definition) is 2. The molecule has 0 amide bonds. The van der Waals surface area contributed by atoms with Crippen LogP contribution in [0.5, 0.6) is 5.75 Å². The monoisotopic (exact) mass is 295 g/mol. The zero-order valence-corrected chi connectivity index (χ0v) is 10.8. The van der Waals surface area contributed by atoms with Crippen LogP contribution in [0.2, 0.25) is 0 Å². The van der Waals surface area contributed by atoms with Crippen molar-refractivity contribution < 1.29 is 9.13 Å². The lowest BCUT2D eigenvalue weighted by molar-refractivity contribution is 0.415. The SMILES string of the molecule is COc1cccc(-c2cc(F)cc(Br)c2N)c1. The number of methoxy groups -OCH3 is 1. The zero-order valence-electron chi connectivity index (χ0n) is 9.21. The van der Waals surface area contributed by atoms with E-state index in [9.17, 15) is 4.39 Å². The first-order chi connectivity index (χ1) is 8.11. The van der Waals surface area contributed by atoms with Crippen molar-refractivity contribution >= 4 is 21.6 Å². The van der Waals surface area contributed by atoms with Crippen molar-refractivity contribution in [3.8, 4) is 16.9 Å². The molecule has 0 aliphatic rings. The topological polar surface area (TPSA) is 35.2 Å². The van der Waals surface area contributed by atoms with Gasteiger partial charge in [-0.25, -0.2) is 4.39 Å². The van der Waals surface area contributed by atoms with Gasteiger partial charge in [-0.2, -0.15) is 0 Å². The first-order valence-corrected chi connectivity index (χ1v) is 5.80. The molecule has 0 radical (unpaired) electrons. The minimum Gasteiger partial charge on any atom is -0.497 e. The van der Waals surface area contributed by atoms with E-state index in [1.165, 1.54) is 12.1 Å². The van der Waals surface area contributed by atoms with Crippen LogP contribution in [0.25, 0.3) is 11.1 Å². The number of hydrogen-bond donors (Lipinski definition) is 1. The first-order valence-electron chi connectivity index (χ1n) is 5.01. The molecule has 88 valence electrons. The number of benzene rings is 2. The second-order valence-electron chi connectivity index (χ2n) is 3.58. The lowest BCUT2D eigenvalue weighted by atomic mass is 10.0. The minimum absolute atomic E-state index is 0.330. The van der Waals surface area contributed by atoms with E-state index in [1.54, 1.807) is 7.11 Å². The molecule has 2 N–H and O–H groups in total. The van der Waals surface area contributed by atoms with E-state index in [1.807, 2.05) is 24.3 Å². The summed E-state index contributed by atoms with van der Waals surface area (Å²) in [6, 6.07) is 10.1. The van der Waals surface area contributed by atoms with Gasteiger partial charge in [-0.1, -0.05) is 12.1 Å². The molecule has 2 aromatic rings. The summed E-state index contributed by atoms with van der Waals surface area (Å²) in [5.41, 5.74) is 7.90. The lowest BCUT2D eigenvalue weighted by Crippen LogP contribution is -1.93. The quantitative estimate of drug-likeness (QED) is 0.854. The molecular weight excluding hydrogens is 285 g/mol. The summed E-state index contributed by atoms with van der Waals surface area (Å²) >= 11 is 3.23. The molecule has 0 aliphatic carbocycles. The second-order valence-corrected chi connectivity index (χ2v) is 4.44. The molecule has 0 aliphatic heterocycles. The van der Waals surface area contributed by atoms with Gasteiger partial charge in [0.2, 0.25) is 0 Å². The van der Waals surface area contributed by atoms with E-state index >= 15 is 0 Å². The van der Waals surface area contributed by atoms with Gasteiger partial charge in [-0.05, 0) is 45.8 Å². The summed E-state index contributed by atoms with van der Waals surface area (Å²) in [6.45, 7) is 0. The van der Waals surface area contributed by atoms with Crippen molar-refractivity contribution in [3.63, 3.8) is 0 Å². The largest absolute Gasteiger partial charge is 0.497 e. The highest BCUT2D eigenvalue weighted by Gasteiger charge is 2.09. The molecule has 4 heteroatoms. The van der Waals surface area contributed by atoms with Gasteiger partial charge in [0, 0.05) is 10.0 Å². The number of rotatable bonds is 2. The van der Waals surface area contributed by atoms with E-state index in [0.717, 1.165) is 5.56 Å². The van der Waals surface area contributed by atoms with Gasteiger partial charge in [-0.3, -0.25) is 0 Å². The third-order valence-electron chi connectivity index (χ3n) is 2.48. The van der Waals surface area contributed by atoms with Gasteiger partial charge < -0.3 is 10.5 Å². The van der Waals surface area contributed by atoms with Crippen molar-refractivity contribution in [1.29, 1.82) is 0 Å². The molecule has 0 bridgehead atoms. The molecule has 0 atom stereocenters. The molecule has 0 fully saturated rings. The molecule has 0 saturated carbocycles. The summed E-state index contributed by atoms with van der Waals surface area (Å²) in [5, 5.41) is 0. The van der Waals surface area contributed by atoms with Gasteiger partial charge in [0.1, 0.15) is 11.6 Å². The summed E-state index contributed by atoms with van der Waals surface area (Å²) in [5.74, 6) is 0.381. The van der Waals surface area contributed by atoms with Crippen molar-refractivity contribution in [2.45, 2.75) is 0 Å². The molecule has 0 spiro atoms. The summed E-state index contributed by atoms with van der Waals surface area (Å²) in [7, 11) is 1.59. The van der Waals surface area contributed by atoms with Crippen LogP contribution in [-0.2, 0) is 0 Å². The van der Waals surface area contributed by atoms with Gasteiger partial charge in [0.05, 0.1) is 12.8 Å². The Bertz CT molecular complexity index is 557. The number of ether oxygens (including phenoxy) is 1. The van der Waals surface area contributed by atoms with Crippen LogP contribution in [-0.4, -0.2) is 7.11 Å². The number of nitrogen functional groups attached to an aromatic ring is 1. The van der Waals surface area contributed by atoms with E-state index in [-0.39, 0.29) is 5.82 Å². The van der Waals surface area contributed by atoms with Gasteiger partial charge in [0.25, 0.3) is 0 Å². The van der Waals surface area contributed by atoms with Gasteiger partial charge in [-0.15, -0.1) is 0 Å². The smallest absolute Gasteiger partial charge is 0.125 e. The lowest BCUT2D eigenvalue weighted by Gasteiger charge is -2.09. The van der Waals surface area contributed by atoms with Crippen LogP contribution in [0.15, 0.2) is 40.9 Å². The molecule has 0 heterocycles. The van der Waals surface area contributed by atoms with Crippen LogP contribution in [0.3, 0.4) is 0 Å². The fraction of sp³-hybridized carbons (Fsp3) is 0.0769. The fourth-order valence-corrected chi connectivity index (χ4v) is 2.05. The van der Waals surface area contributed by atoms with E-state index < -0.39 is 0 Å². The average Bonchev–Trinajstić information content (AvgIpc) is 2.34. The Balaban J connectivity index is 2.59. The third-order valence-corrected chi connectivity index (χ3v) is 3.13. The van der Waals surface area contributed by atoms with E-state index in [2.05, 4.69) is 15.9 Å². The van der Waals surface area contributed by atoms with Crippen molar-refractivity contribution in [2.75, 3.05) is 12.8 Å². The molecule has 2 rings (SSSR count). The fourth-order valence-electron chi connectivity index (χ4n) is 1.61. The first kappa shape index (κ1) is 11.9. The van der Waals surface area contributed by atoms with Crippen molar-refractivity contribution in [2.24, 2.45) is 0 Å². The Hall–Kier alpha value is -1.55. The maximum Gasteiger partial charge on any atom is 0.125 e. The number of halogens is 2. The normalized spacial score (nSPS) is 10.3. The average molecular weight is 296 g/mol. The van der Waals surface area contributed by atoms with E-state index in [0.29, 0.717) is 21.5 Å². The minimum atomic E-state index is -0.330. The number of anilines is 1. The van der Waals surface area contributed by atoms with Gasteiger partial charge >= 0.3 is 0 Å². The Morgan fingerprint density at radius 3 is 2.71 bits per heavy atom. The molecule has 2 aromatic carbocycles. The van der Waals surface area contributed by atoms with Crippen LogP contribution in [0.1, 0.15) is 0 Å². The van der Waals surface area contributed by atoms with Crippen LogP contribution < -0.4 is 10.5 Å². The standard InChI is InChI=1S/C13H11BrFNO/c1-17-10-4-2-3-8(5-10)11-6-9(15)7-12(14)13(11)16/h2-7H,16H2,1H3. The highest BCUT2D eigenvalue weighted by Crippen LogP contribution is 2.34. The molecule has 0 saturated heterocycles. The molecular formula is C13H11BrFNO. The highest BCUT2D eigenvalue weighted by molar-refractivity contribution is 9.10. The summed E-state index contributed by atoms with van der Waals surface area (Å²) in [6.07, 6.45) is 0. The maximum absolute atomic E-state index is 13.4. The van der Waals surface area contributed by atoms with Crippen molar-refractivity contribution in [1.82, 2.24) is 0 Å². The highest BCUT2D eigenvalue weighted by atomic mass is 79.9. The Morgan fingerprint density at radius 1 is 1.24 bits per heavy atom. The summed E-state index contributed by atoms with van der Waals surface area (Å²) < 4.78 is 19.0. The van der Waals surface area contributed by atoms with Crippen LogP contribution >= 0.6 is 15.9 Å². The van der Waals surface area contributed by atoms with Gasteiger partial charge in [0.15, 0.2) is 0 Å². The van der Waals surface area contributed by atoms with Crippen LogP contribution in [0, 0.1) is 5.82 Å². The van der Waals surface area contributed by atoms with E-state index in [4.69, 9.17) is 10.5 Å². The molecule has 0 aromatic heterocycles. The van der Waals surface area contributed by atoms with Crippen LogP contribution in [0.4, 0.5) is 10.1 Å². The predicted molar refractivity (Wildman–Crippen MR) is 70.5 cm³/mol. The third kappa shape index (κ3) is 2.42. The maximum atomic E-state index is 13.4. The Labute approximate surface area is 107 Å². The molecule has 17 heavy (non-hydrogen) atoms. The Kier molecular flexibility index (Phi) is 3.33. The summed E-state index contributed by atoms with van der Waals surface area (Å²) in [4.78, 5) is 0. The number of nitrogens with two attached hydrogens (primary N) is 1. The Morgan fingerprint density at radius 2 is 2.00 bits per heavy atom. The second kappa shape index (κ2) is 4.75. The predicted octanol–water partition coefficient (Wildman–Crippen LogP) is 3.85. The molecule has 2 nitrogen and oxygen atoms in total. The molecule has 0 unspecified atom stereocenters.